The summed E-state index contributed by atoms with van der Waals surface area (Å²) in [6.07, 6.45) is 6.55. The molecule has 2 rings (SSSR count). The normalized spacial score (nSPS) is 47.7. The molecule has 106 valence electrons. The summed E-state index contributed by atoms with van der Waals surface area (Å²) < 4.78 is 0. The van der Waals surface area contributed by atoms with Gasteiger partial charge in [0.25, 0.3) is 0 Å². The summed E-state index contributed by atoms with van der Waals surface area (Å²) in [5, 5.41) is 20.1. The maximum atomic E-state index is 10.7. The molecule has 0 bridgehead atoms. The number of fused-ring (bicyclic) bond motifs is 1. The third-order valence-electron chi connectivity index (χ3n) is 6.18. The van der Waals surface area contributed by atoms with Gasteiger partial charge in [0.05, 0.1) is 5.60 Å². The molecular weight excluding hydrogens is 224 g/mol. The highest BCUT2D eigenvalue weighted by molar-refractivity contribution is 5.07. The predicted octanol–water partition coefficient (Wildman–Crippen LogP) is 3.36. The van der Waals surface area contributed by atoms with Gasteiger partial charge in [0, 0.05) is 6.61 Å². The van der Waals surface area contributed by atoms with Gasteiger partial charge in [-0.3, -0.25) is 0 Å². The third kappa shape index (κ3) is 2.12. The maximum absolute atomic E-state index is 10.7. The fourth-order valence-corrected chi connectivity index (χ4v) is 5.39. The number of aliphatic hydroxyl groups is 2. The quantitative estimate of drug-likeness (QED) is 0.793. The average Bonchev–Trinajstić information content (AvgIpc) is 2.22. The Kier molecular flexibility index (Phi) is 3.57. The second-order valence-electron chi connectivity index (χ2n) is 7.86. The molecule has 0 aliphatic heterocycles. The Morgan fingerprint density at radius 2 is 1.72 bits per heavy atom. The zero-order valence-electron chi connectivity index (χ0n) is 12.5. The minimum Gasteiger partial charge on any atom is -0.396 e. The van der Waals surface area contributed by atoms with Crippen molar-refractivity contribution in [2.45, 2.75) is 71.8 Å². The van der Waals surface area contributed by atoms with Gasteiger partial charge in [-0.05, 0) is 61.7 Å². The lowest BCUT2D eigenvalue weighted by molar-refractivity contribution is -0.171. The second kappa shape index (κ2) is 4.49. The summed E-state index contributed by atoms with van der Waals surface area (Å²) >= 11 is 0. The lowest BCUT2D eigenvalue weighted by atomic mass is 9.45. The van der Waals surface area contributed by atoms with Crippen molar-refractivity contribution in [3.8, 4) is 0 Å². The molecule has 0 saturated heterocycles. The second-order valence-corrected chi connectivity index (χ2v) is 7.86. The van der Waals surface area contributed by atoms with Crippen LogP contribution in [0.4, 0.5) is 0 Å². The van der Waals surface area contributed by atoms with Gasteiger partial charge in [-0.1, -0.05) is 27.2 Å². The standard InChI is InChI=1S/C16H30O2/c1-14(2)8-5-9-15(3)12(14)6-10-16(4,18)13(15)7-11-17/h12-13,17-18H,5-11H2,1-4H3/t12?,13-,15+,16+/m1/s1. The van der Waals surface area contributed by atoms with Crippen molar-refractivity contribution in [1.82, 2.24) is 0 Å². The van der Waals surface area contributed by atoms with Crippen LogP contribution in [-0.4, -0.2) is 22.4 Å². The topological polar surface area (TPSA) is 40.5 Å². The summed E-state index contributed by atoms with van der Waals surface area (Å²) in [5.41, 5.74) is -0.00909. The fraction of sp³-hybridized carbons (Fsp3) is 1.00. The van der Waals surface area contributed by atoms with E-state index in [1.807, 2.05) is 6.92 Å². The monoisotopic (exact) mass is 254 g/mol. The first kappa shape index (κ1) is 14.3. The number of hydrogen-bond donors (Lipinski definition) is 2. The van der Waals surface area contributed by atoms with Gasteiger partial charge in [0.15, 0.2) is 0 Å². The van der Waals surface area contributed by atoms with Crippen LogP contribution >= 0.6 is 0 Å². The molecule has 2 N–H and O–H groups in total. The number of hydrogen-bond acceptors (Lipinski definition) is 2. The van der Waals surface area contributed by atoms with E-state index in [2.05, 4.69) is 20.8 Å². The third-order valence-corrected chi connectivity index (χ3v) is 6.18. The van der Waals surface area contributed by atoms with Crippen molar-refractivity contribution in [3.63, 3.8) is 0 Å². The minimum atomic E-state index is -0.596. The molecule has 2 fully saturated rings. The summed E-state index contributed by atoms with van der Waals surface area (Å²) in [6.45, 7) is 9.34. The van der Waals surface area contributed by atoms with Gasteiger partial charge >= 0.3 is 0 Å². The van der Waals surface area contributed by atoms with Gasteiger partial charge < -0.3 is 10.2 Å². The first-order valence-corrected chi connectivity index (χ1v) is 7.57. The molecule has 2 saturated carbocycles. The zero-order valence-corrected chi connectivity index (χ0v) is 12.5. The Morgan fingerprint density at radius 3 is 2.33 bits per heavy atom. The van der Waals surface area contributed by atoms with Gasteiger partial charge in [-0.15, -0.1) is 0 Å². The molecule has 0 aromatic rings. The van der Waals surface area contributed by atoms with Crippen LogP contribution in [0.25, 0.3) is 0 Å². The lowest BCUT2D eigenvalue weighted by Gasteiger charge is -2.61. The van der Waals surface area contributed by atoms with Gasteiger partial charge in [0.1, 0.15) is 0 Å². The molecule has 18 heavy (non-hydrogen) atoms. The van der Waals surface area contributed by atoms with Crippen LogP contribution in [0.5, 0.6) is 0 Å². The van der Waals surface area contributed by atoms with Crippen molar-refractivity contribution in [3.05, 3.63) is 0 Å². The molecule has 0 aromatic heterocycles. The van der Waals surface area contributed by atoms with Crippen LogP contribution in [-0.2, 0) is 0 Å². The molecule has 1 unspecified atom stereocenters. The SMILES string of the molecule is CC1(C)CCC[C@@]2(C)C1CC[C@](C)(O)[C@@H]2CCO. The van der Waals surface area contributed by atoms with Crippen LogP contribution in [0.3, 0.4) is 0 Å². The van der Waals surface area contributed by atoms with E-state index >= 15 is 0 Å². The first-order chi connectivity index (χ1) is 8.24. The smallest absolute Gasteiger partial charge is 0.0654 e. The van der Waals surface area contributed by atoms with Gasteiger partial charge in [-0.25, -0.2) is 0 Å². The maximum Gasteiger partial charge on any atom is 0.0654 e. The van der Waals surface area contributed by atoms with E-state index in [1.54, 1.807) is 0 Å². The summed E-state index contributed by atoms with van der Waals surface area (Å²) in [7, 11) is 0. The highest BCUT2D eigenvalue weighted by Gasteiger charge is 2.57. The fourth-order valence-electron chi connectivity index (χ4n) is 5.39. The van der Waals surface area contributed by atoms with Crippen molar-refractivity contribution in [2.75, 3.05) is 6.61 Å². The number of aliphatic hydroxyl groups excluding tert-OH is 1. The summed E-state index contributed by atoms with van der Waals surface area (Å²) in [6, 6.07) is 0. The van der Waals surface area contributed by atoms with Crippen molar-refractivity contribution in [2.24, 2.45) is 22.7 Å². The van der Waals surface area contributed by atoms with Crippen molar-refractivity contribution >= 4 is 0 Å². The van der Waals surface area contributed by atoms with E-state index in [0.717, 1.165) is 19.3 Å². The Hall–Kier alpha value is -0.0800. The molecular formula is C16H30O2. The zero-order chi connectivity index (χ0) is 13.6. The van der Waals surface area contributed by atoms with E-state index in [9.17, 15) is 10.2 Å². The summed E-state index contributed by atoms with van der Waals surface area (Å²) in [4.78, 5) is 0. The van der Waals surface area contributed by atoms with Crippen LogP contribution in [0, 0.1) is 22.7 Å². The largest absolute Gasteiger partial charge is 0.396 e. The van der Waals surface area contributed by atoms with Crippen LogP contribution < -0.4 is 0 Å². The minimum absolute atomic E-state index is 0.198. The Balaban J connectivity index is 2.35. The molecule has 2 aliphatic rings. The lowest BCUT2D eigenvalue weighted by Crippen LogP contribution is -2.57. The van der Waals surface area contributed by atoms with Crippen molar-refractivity contribution in [1.29, 1.82) is 0 Å². The van der Waals surface area contributed by atoms with Crippen LogP contribution in [0.1, 0.15) is 66.2 Å². The molecule has 0 aromatic carbocycles. The van der Waals surface area contributed by atoms with Crippen molar-refractivity contribution < 1.29 is 10.2 Å². The number of rotatable bonds is 2. The molecule has 2 heteroatoms. The molecule has 0 spiro atoms. The molecule has 0 amide bonds. The predicted molar refractivity (Wildman–Crippen MR) is 74.3 cm³/mol. The van der Waals surface area contributed by atoms with Crippen LogP contribution in [0.15, 0.2) is 0 Å². The Labute approximate surface area is 112 Å². The highest BCUT2D eigenvalue weighted by atomic mass is 16.3. The van der Waals surface area contributed by atoms with E-state index in [4.69, 9.17) is 0 Å². The molecule has 4 atom stereocenters. The highest BCUT2D eigenvalue weighted by Crippen LogP contribution is 2.62. The molecule has 0 heterocycles. The first-order valence-electron chi connectivity index (χ1n) is 7.57. The summed E-state index contributed by atoms with van der Waals surface area (Å²) in [5.74, 6) is 0.934. The molecule has 2 nitrogen and oxygen atoms in total. The van der Waals surface area contributed by atoms with E-state index in [-0.39, 0.29) is 17.9 Å². The molecule has 2 aliphatic carbocycles. The van der Waals surface area contributed by atoms with E-state index < -0.39 is 5.60 Å². The van der Waals surface area contributed by atoms with Gasteiger partial charge in [0.2, 0.25) is 0 Å². The van der Waals surface area contributed by atoms with Gasteiger partial charge in [-0.2, -0.15) is 0 Å². The average molecular weight is 254 g/mol. The van der Waals surface area contributed by atoms with Crippen LogP contribution in [0.2, 0.25) is 0 Å². The molecule has 0 radical (unpaired) electrons. The Bertz CT molecular complexity index is 308. The van der Waals surface area contributed by atoms with E-state index in [1.165, 1.54) is 19.3 Å². The van der Waals surface area contributed by atoms with E-state index in [0.29, 0.717) is 11.3 Å². The Morgan fingerprint density at radius 1 is 1.06 bits per heavy atom.